The first-order valence-electron chi connectivity index (χ1n) is 9.00. The van der Waals surface area contributed by atoms with E-state index in [1.165, 1.54) is 64.2 Å². The first kappa shape index (κ1) is 16.3. The van der Waals surface area contributed by atoms with Crippen LogP contribution in [0.2, 0.25) is 0 Å². The van der Waals surface area contributed by atoms with E-state index >= 15 is 0 Å². The van der Waals surface area contributed by atoms with Gasteiger partial charge in [0.05, 0.1) is 5.60 Å². The molecule has 0 aromatic heterocycles. The van der Waals surface area contributed by atoms with Crippen molar-refractivity contribution in [2.45, 2.75) is 89.7 Å². The molecule has 0 spiro atoms. The van der Waals surface area contributed by atoms with E-state index in [4.69, 9.17) is 4.74 Å². The zero-order chi connectivity index (χ0) is 14.4. The maximum atomic E-state index is 6.17. The van der Waals surface area contributed by atoms with Crippen molar-refractivity contribution < 1.29 is 4.74 Å². The zero-order valence-corrected chi connectivity index (χ0v) is 13.9. The molecule has 2 aliphatic rings. The lowest BCUT2D eigenvalue weighted by atomic mass is 9.70. The molecule has 0 saturated heterocycles. The molecule has 20 heavy (non-hydrogen) atoms. The van der Waals surface area contributed by atoms with Gasteiger partial charge in [-0.15, -0.1) is 0 Å². The summed E-state index contributed by atoms with van der Waals surface area (Å²) in [5.41, 5.74) is 0.109. The molecule has 0 aromatic carbocycles. The second-order valence-corrected chi connectivity index (χ2v) is 7.24. The van der Waals surface area contributed by atoms with E-state index in [0.29, 0.717) is 6.04 Å². The van der Waals surface area contributed by atoms with E-state index in [0.717, 1.165) is 18.4 Å². The van der Waals surface area contributed by atoms with Crippen LogP contribution in [-0.2, 0) is 4.74 Å². The Hall–Kier alpha value is -0.0800. The van der Waals surface area contributed by atoms with Crippen LogP contribution in [-0.4, -0.2) is 25.3 Å². The average Bonchev–Trinajstić information content (AvgIpc) is 2.75. The maximum Gasteiger partial charge on any atom is 0.0833 e. The Morgan fingerprint density at radius 2 is 1.65 bits per heavy atom. The lowest BCUT2D eigenvalue weighted by Gasteiger charge is -2.47. The Morgan fingerprint density at radius 3 is 2.15 bits per heavy atom. The second kappa shape index (κ2) is 7.79. The molecule has 2 rings (SSSR count). The van der Waals surface area contributed by atoms with Crippen LogP contribution in [0.15, 0.2) is 0 Å². The van der Waals surface area contributed by atoms with E-state index in [1.807, 2.05) is 7.11 Å². The van der Waals surface area contributed by atoms with Crippen LogP contribution in [0.5, 0.6) is 0 Å². The van der Waals surface area contributed by atoms with Gasteiger partial charge in [0.15, 0.2) is 0 Å². The molecule has 2 aliphatic carbocycles. The fraction of sp³-hybridized carbons (Fsp3) is 1.00. The van der Waals surface area contributed by atoms with Crippen LogP contribution in [0.3, 0.4) is 0 Å². The minimum absolute atomic E-state index is 0.109. The van der Waals surface area contributed by atoms with Crippen molar-refractivity contribution in [2.24, 2.45) is 11.8 Å². The first-order chi connectivity index (χ1) is 9.72. The van der Waals surface area contributed by atoms with Crippen molar-refractivity contribution >= 4 is 0 Å². The fourth-order valence-corrected chi connectivity index (χ4v) is 4.54. The summed E-state index contributed by atoms with van der Waals surface area (Å²) in [4.78, 5) is 0. The summed E-state index contributed by atoms with van der Waals surface area (Å²) >= 11 is 0. The summed E-state index contributed by atoms with van der Waals surface area (Å²) in [5.74, 6) is 1.71. The van der Waals surface area contributed by atoms with E-state index in [1.54, 1.807) is 0 Å². The van der Waals surface area contributed by atoms with Crippen LogP contribution < -0.4 is 5.32 Å². The van der Waals surface area contributed by atoms with Gasteiger partial charge in [-0.05, 0) is 56.9 Å². The first-order valence-corrected chi connectivity index (χ1v) is 9.00. The predicted octanol–water partition coefficient (Wildman–Crippen LogP) is 4.53. The van der Waals surface area contributed by atoms with E-state index in [2.05, 4.69) is 19.2 Å². The molecule has 2 saturated carbocycles. The summed E-state index contributed by atoms with van der Waals surface area (Å²) in [7, 11) is 1.96. The van der Waals surface area contributed by atoms with Gasteiger partial charge in [-0.2, -0.15) is 0 Å². The van der Waals surface area contributed by atoms with Gasteiger partial charge in [0, 0.05) is 13.2 Å². The van der Waals surface area contributed by atoms with Gasteiger partial charge in [-0.25, -0.2) is 0 Å². The van der Waals surface area contributed by atoms with Crippen molar-refractivity contribution in [3.8, 4) is 0 Å². The number of hydrogen-bond acceptors (Lipinski definition) is 2. The summed E-state index contributed by atoms with van der Waals surface area (Å²) in [6, 6.07) is 0.572. The Kier molecular flexibility index (Phi) is 6.35. The van der Waals surface area contributed by atoms with Crippen LogP contribution in [0.4, 0.5) is 0 Å². The largest absolute Gasteiger partial charge is 0.377 e. The average molecular weight is 281 g/mol. The summed E-state index contributed by atoms with van der Waals surface area (Å²) in [6.07, 6.45) is 13.7. The normalized spacial score (nSPS) is 34.6. The molecule has 0 radical (unpaired) electrons. The minimum Gasteiger partial charge on any atom is -0.377 e. The van der Waals surface area contributed by atoms with Crippen molar-refractivity contribution in [2.75, 3.05) is 13.7 Å². The van der Waals surface area contributed by atoms with Crippen LogP contribution >= 0.6 is 0 Å². The standard InChI is InChI=1S/C18H35NO/c1-4-19-17(16-9-7-5-6-8-10-16)18(20-3)13-11-15(2)12-14-18/h15-17,19H,4-14H2,1-3H3. The number of likely N-dealkylation sites (N-methyl/N-ethyl adjacent to an activating group) is 1. The molecule has 0 amide bonds. The van der Waals surface area contributed by atoms with E-state index in [-0.39, 0.29) is 5.60 Å². The molecule has 0 bridgehead atoms. The highest BCUT2D eigenvalue weighted by atomic mass is 16.5. The molecule has 1 N–H and O–H groups in total. The minimum atomic E-state index is 0.109. The molecule has 1 unspecified atom stereocenters. The second-order valence-electron chi connectivity index (χ2n) is 7.24. The van der Waals surface area contributed by atoms with Gasteiger partial charge in [0.2, 0.25) is 0 Å². The lowest BCUT2D eigenvalue weighted by Crippen LogP contribution is -2.57. The highest BCUT2D eigenvalue weighted by Crippen LogP contribution is 2.41. The molecule has 0 aliphatic heterocycles. The summed E-state index contributed by atoms with van der Waals surface area (Å²) in [6.45, 7) is 5.72. The third kappa shape index (κ3) is 3.76. The van der Waals surface area contributed by atoms with Crippen molar-refractivity contribution in [3.05, 3.63) is 0 Å². The SMILES string of the molecule is CCNC(C1CCCCCC1)C1(OC)CCC(C)CC1. The highest BCUT2D eigenvalue weighted by Gasteiger charge is 2.44. The number of rotatable bonds is 5. The Bertz CT molecular complexity index is 263. The molecule has 0 aromatic rings. The van der Waals surface area contributed by atoms with Gasteiger partial charge >= 0.3 is 0 Å². The number of nitrogens with one attached hydrogen (secondary N) is 1. The molecular formula is C18H35NO. The Morgan fingerprint density at radius 1 is 1.05 bits per heavy atom. The van der Waals surface area contributed by atoms with Crippen LogP contribution in [0.1, 0.15) is 78.1 Å². The molecule has 118 valence electrons. The Labute approximate surface area is 126 Å². The van der Waals surface area contributed by atoms with Gasteiger partial charge in [0.25, 0.3) is 0 Å². The van der Waals surface area contributed by atoms with Crippen molar-refractivity contribution in [1.29, 1.82) is 0 Å². The smallest absolute Gasteiger partial charge is 0.0833 e. The maximum absolute atomic E-state index is 6.17. The third-order valence-corrected chi connectivity index (χ3v) is 5.89. The number of hydrogen-bond donors (Lipinski definition) is 1. The predicted molar refractivity (Wildman–Crippen MR) is 86.0 cm³/mol. The van der Waals surface area contributed by atoms with Gasteiger partial charge in [-0.1, -0.05) is 39.5 Å². The van der Waals surface area contributed by atoms with Crippen LogP contribution in [0, 0.1) is 11.8 Å². The molecular weight excluding hydrogens is 246 g/mol. The van der Waals surface area contributed by atoms with Crippen LogP contribution in [0.25, 0.3) is 0 Å². The Balaban J connectivity index is 2.11. The van der Waals surface area contributed by atoms with Crippen molar-refractivity contribution in [3.63, 3.8) is 0 Å². The third-order valence-electron chi connectivity index (χ3n) is 5.89. The fourth-order valence-electron chi connectivity index (χ4n) is 4.54. The monoisotopic (exact) mass is 281 g/mol. The molecule has 2 nitrogen and oxygen atoms in total. The van der Waals surface area contributed by atoms with Gasteiger partial charge in [-0.3, -0.25) is 0 Å². The van der Waals surface area contributed by atoms with Gasteiger partial charge in [0.1, 0.15) is 0 Å². The number of ether oxygens (including phenoxy) is 1. The van der Waals surface area contributed by atoms with E-state index in [9.17, 15) is 0 Å². The summed E-state index contributed by atoms with van der Waals surface area (Å²) < 4.78 is 6.17. The molecule has 0 heterocycles. The van der Waals surface area contributed by atoms with E-state index < -0.39 is 0 Å². The topological polar surface area (TPSA) is 21.3 Å². The zero-order valence-electron chi connectivity index (χ0n) is 13.9. The molecule has 2 fully saturated rings. The molecule has 1 atom stereocenters. The highest BCUT2D eigenvalue weighted by molar-refractivity contribution is 4.99. The molecule has 2 heteroatoms. The van der Waals surface area contributed by atoms with Gasteiger partial charge < -0.3 is 10.1 Å². The summed E-state index contributed by atoms with van der Waals surface area (Å²) in [5, 5.41) is 3.83. The quantitative estimate of drug-likeness (QED) is 0.748. The number of methoxy groups -OCH3 is 1. The van der Waals surface area contributed by atoms with Crippen molar-refractivity contribution in [1.82, 2.24) is 5.32 Å². The lowest BCUT2D eigenvalue weighted by molar-refractivity contribution is -0.0894.